The van der Waals surface area contributed by atoms with E-state index in [0.717, 1.165) is 5.56 Å². The van der Waals surface area contributed by atoms with Gasteiger partial charge in [0.2, 0.25) is 0 Å². The van der Waals surface area contributed by atoms with Crippen LogP contribution in [0.5, 0.6) is 0 Å². The normalized spacial score (nSPS) is 8.23. The summed E-state index contributed by atoms with van der Waals surface area (Å²) in [6.45, 7) is 0. The van der Waals surface area contributed by atoms with E-state index >= 15 is 0 Å². The van der Waals surface area contributed by atoms with Crippen LogP contribution in [0.25, 0.3) is 11.1 Å². The molecule has 0 heterocycles. The minimum Gasteiger partial charge on any atom is -0.124 e. The third kappa shape index (κ3) is 5.83. The minimum atomic E-state index is 0.938. The molecule has 22 heavy (non-hydrogen) atoms. The fourth-order valence-electron chi connectivity index (χ4n) is 1.80. The van der Waals surface area contributed by atoms with Gasteiger partial charge in [0, 0.05) is 5.56 Å². The maximum atomic E-state index is 5.10. The van der Waals surface area contributed by atoms with Gasteiger partial charge in [-0.05, 0) is 23.3 Å². The third-order valence-corrected chi connectivity index (χ3v) is 2.82. The van der Waals surface area contributed by atoms with E-state index in [9.17, 15) is 0 Å². The fourth-order valence-corrected chi connectivity index (χ4v) is 1.80. The van der Waals surface area contributed by atoms with Crippen molar-refractivity contribution in [2.24, 2.45) is 0 Å². The molecule has 0 fully saturated rings. The Kier molecular flexibility index (Phi) is 8.08. The van der Waals surface area contributed by atoms with Crippen LogP contribution in [0.4, 0.5) is 0 Å². The predicted octanol–water partition coefficient (Wildman–Crippen LogP) is 5.27. The first-order valence-corrected chi connectivity index (χ1v) is 6.85. The second-order valence-corrected chi connectivity index (χ2v) is 4.24. The molecule has 3 aromatic rings. The summed E-state index contributed by atoms with van der Waals surface area (Å²) in [5.41, 5.74) is 3.49. The fraction of sp³-hybridized carbons (Fsp3) is 0. The van der Waals surface area contributed by atoms with Gasteiger partial charge in [0.05, 0.1) is 0 Å². The summed E-state index contributed by atoms with van der Waals surface area (Å²) in [5.74, 6) is 2.53. The molecular formula is C22H18. The molecule has 106 valence electrons. The first-order chi connectivity index (χ1) is 10.9. The smallest absolute Gasteiger partial charge is 0.0242 e. The van der Waals surface area contributed by atoms with Crippen LogP contribution in [0.2, 0.25) is 0 Å². The molecule has 0 saturated heterocycles. The van der Waals surface area contributed by atoms with Gasteiger partial charge >= 0.3 is 0 Å². The molecule has 0 N–H and O–H groups in total. The Hall–Kier alpha value is -3.22. The van der Waals surface area contributed by atoms with Crippen molar-refractivity contribution in [2.45, 2.75) is 0 Å². The lowest BCUT2D eigenvalue weighted by Gasteiger charge is -1.98. The van der Waals surface area contributed by atoms with Crippen LogP contribution in [0.3, 0.4) is 0 Å². The van der Waals surface area contributed by atoms with Crippen LogP contribution in [0.15, 0.2) is 91.0 Å². The quantitative estimate of drug-likeness (QED) is 0.533. The van der Waals surface area contributed by atoms with E-state index < -0.39 is 0 Å². The number of rotatable bonds is 1. The Bertz CT molecular complexity index is 649. The summed E-state index contributed by atoms with van der Waals surface area (Å²) in [5, 5.41) is 0. The second-order valence-electron chi connectivity index (χ2n) is 4.24. The van der Waals surface area contributed by atoms with E-state index in [1.165, 1.54) is 11.1 Å². The molecule has 0 aromatic heterocycles. The Balaban J connectivity index is 0.000000211. The molecule has 0 aliphatic heterocycles. The molecule has 0 saturated carbocycles. The number of hydrogen-bond donors (Lipinski definition) is 0. The first kappa shape index (κ1) is 16.8. The summed E-state index contributed by atoms with van der Waals surface area (Å²) in [7, 11) is 0. The maximum absolute atomic E-state index is 5.10. The summed E-state index contributed by atoms with van der Waals surface area (Å²) in [6.07, 6.45) is 13.1. The zero-order valence-electron chi connectivity index (χ0n) is 12.4. The van der Waals surface area contributed by atoms with Gasteiger partial charge in [0.15, 0.2) is 0 Å². The van der Waals surface area contributed by atoms with E-state index in [0.29, 0.717) is 0 Å². The van der Waals surface area contributed by atoms with Gasteiger partial charge in [-0.15, -0.1) is 19.3 Å². The zero-order chi connectivity index (χ0) is 16.0. The van der Waals surface area contributed by atoms with Crippen LogP contribution in [0.1, 0.15) is 5.56 Å². The summed E-state index contributed by atoms with van der Waals surface area (Å²) in [4.78, 5) is 0. The van der Waals surface area contributed by atoms with Gasteiger partial charge in [-0.25, -0.2) is 0 Å². The Morgan fingerprint density at radius 1 is 0.500 bits per heavy atom. The number of hydrogen-bond acceptors (Lipinski definition) is 0. The summed E-state index contributed by atoms with van der Waals surface area (Å²) < 4.78 is 0. The van der Waals surface area contributed by atoms with E-state index in [4.69, 9.17) is 6.42 Å². The number of terminal acetylenes is 2. The molecule has 3 rings (SSSR count). The average molecular weight is 282 g/mol. The van der Waals surface area contributed by atoms with Gasteiger partial charge in [0.25, 0.3) is 0 Å². The molecule has 0 amide bonds. The van der Waals surface area contributed by atoms with Crippen LogP contribution in [0, 0.1) is 25.2 Å². The van der Waals surface area contributed by atoms with Crippen molar-refractivity contribution in [1.29, 1.82) is 0 Å². The average Bonchev–Trinajstić information content (AvgIpc) is 2.66. The molecule has 0 nitrogen and oxygen atoms in total. The highest BCUT2D eigenvalue weighted by Gasteiger charge is 1.91. The zero-order valence-corrected chi connectivity index (χ0v) is 12.4. The van der Waals surface area contributed by atoms with Crippen molar-refractivity contribution in [3.8, 4) is 36.3 Å². The summed E-state index contributed by atoms with van der Waals surface area (Å²) >= 11 is 0. The van der Waals surface area contributed by atoms with Gasteiger partial charge in [-0.2, -0.15) is 0 Å². The highest BCUT2D eigenvalue weighted by molar-refractivity contribution is 5.62. The van der Waals surface area contributed by atoms with E-state index in [1.54, 1.807) is 0 Å². The molecule has 0 heteroatoms. The Morgan fingerprint density at radius 3 is 1.09 bits per heavy atom. The van der Waals surface area contributed by atoms with Crippen molar-refractivity contribution in [1.82, 2.24) is 0 Å². The molecule has 0 radical (unpaired) electrons. The summed E-state index contributed by atoms with van der Waals surface area (Å²) in [6, 6.07) is 30.4. The molecule has 3 aromatic carbocycles. The first-order valence-electron chi connectivity index (χ1n) is 6.85. The van der Waals surface area contributed by atoms with Crippen molar-refractivity contribution in [2.75, 3.05) is 0 Å². The van der Waals surface area contributed by atoms with E-state index in [-0.39, 0.29) is 0 Å². The molecule has 0 aliphatic carbocycles. The molecule has 0 unspecified atom stereocenters. The van der Waals surface area contributed by atoms with Crippen molar-refractivity contribution in [3.05, 3.63) is 96.6 Å². The molecule has 0 atom stereocenters. The Morgan fingerprint density at radius 2 is 0.818 bits per heavy atom. The predicted molar refractivity (Wildman–Crippen MR) is 96.1 cm³/mol. The number of benzene rings is 3. The van der Waals surface area contributed by atoms with Gasteiger partial charge < -0.3 is 0 Å². The van der Waals surface area contributed by atoms with Crippen molar-refractivity contribution >= 4 is 0 Å². The van der Waals surface area contributed by atoms with Crippen LogP contribution in [-0.4, -0.2) is 0 Å². The monoisotopic (exact) mass is 282 g/mol. The minimum absolute atomic E-state index is 0.938. The maximum Gasteiger partial charge on any atom is 0.0242 e. The van der Waals surface area contributed by atoms with Crippen LogP contribution < -0.4 is 0 Å². The molecular weight excluding hydrogens is 264 g/mol. The van der Waals surface area contributed by atoms with Crippen LogP contribution >= 0.6 is 0 Å². The third-order valence-electron chi connectivity index (χ3n) is 2.82. The van der Waals surface area contributed by atoms with Gasteiger partial charge in [-0.3, -0.25) is 0 Å². The molecule has 0 aliphatic rings. The second kappa shape index (κ2) is 10.6. The lowest BCUT2D eigenvalue weighted by molar-refractivity contribution is 1.62. The lowest BCUT2D eigenvalue weighted by Crippen LogP contribution is -1.73. The van der Waals surface area contributed by atoms with Crippen LogP contribution in [-0.2, 0) is 0 Å². The Labute approximate surface area is 133 Å². The van der Waals surface area contributed by atoms with Gasteiger partial charge in [0.1, 0.15) is 0 Å². The van der Waals surface area contributed by atoms with Crippen molar-refractivity contribution < 1.29 is 0 Å². The molecule has 0 bridgehead atoms. The topological polar surface area (TPSA) is 0 Å². The van der Waals surface area contributed by atoms with Crippen molar-refractivity contribution in [3.63, 3.8) is 0 Å². The van der Waals surface area contributed by atoms with Gasteiger partial charge in [-0.1, -0.05) is 84.8 Å². The largest absolute Gasteiger partial charge is 0.124 e. The highest BCUT2D eigenvalue weighted by atomic mass is 14.0. The lowest BCUT2D eigenvalue weighted by atomic mass is 10.1. The highest BCUT2D eigenvalue weighted by Crippen LogP contribution is 2.17. The molecule has 0 spiro atoms. The van der Waals surface area contributed by atoms with E-state index in [2.05, 4.69) is 67.3 Å². The standard InChI is InChI=1S/C12H10.C8H6.C2H2/c1-3-7-11(8-4-1)12-9-5-2-6-10-12;1-2-8-6-4-3-5-7-8;1-2/h1-10H;1,3-7H;1-2H. The SMILES string of the molecule is C#C.C#Cc1ccccc1.c1ccc(-c2ccccc2)cc1. The van der Waals surface area contributed by atoms with E-state index in [1.807, 2.05) is 42.5 Å².